The molecule has 0 radical (unpaired) electrons. The lowest BCUT2D eigenvalue weighted by atomic mass is 9.98. The standard InChI is InChI=1S/C13H23N3/c1-3-11-5-4-6-12(8-7-11)14-13-9-10-16(2)15-13/h9-12H,3-8H2,1-2H3,(H,14,15). The maximum Gasteiger partial charge on any atom is 0.148 e. The number of hydrogen-bond donors (Lipinski definition) is 1. The quantitative estimate of drug-likeness (QED) is 0.794. The third kappa shape index (κ3) is 3.00. The lowest BCUT2D eigenvalue weighted by Crippen LogP contribution is -2.18. The maximum absolute atomic E-state index is 4.38. The van der Waals surface area contributed by atoms with E-state index >= 15 is 0 Å². The van der Waals surface area contributed by atoms with Crippen LogP contribution in [0.25, 0.3) is 0 Å². The Kier molecular flexibility index (Phi) is 3.86. The molecule has 0 bridgehead atoms. The van der Waals surface area contributed by atoms with E-state index in [2.05, 4.69) is 23.4 Å². The zero-order chi connectivity index (χ0) is 11.4. The Morgan fingerprint density at radius 2 is 2.25 bits per heavy atom. The van der Waals surface area contributed by atoms with Crippen LogP contribution < -0.4 is 5.32 Å². The van der Waals surface area contributed by atoms with Gasteiger partial charge in [-0.1, -0.05) is 26.2 Å². The van der Waals surface area contributed by atoms with Crippen molar-refractivity contribution in [1.82, 2.24) is 9.78 Å². The van der Waals surface area contributed by atoms with Crippen LogP contribution in [0.5, 0.6) is 0 Å². The van der Waals surface area contributed by atoms with Gasteiger partial charge in [0.2, 0.25) is 0 Å². The zero-order valence-electron chi connectivity index (χ0n) is 10.4. The van der Waals surface area contributed by atoms with Crippen LogP contribution in [0.4, 0.5) is 5.82 Å². The zero-order valence-corrected chi connectivity index (χ0v) is 10.4. The summed E-state index contributed by atoms with van der Waals surface area (Å²) < 4.78 is 1.86. The van der Waals surface area contributed by atoms with E-state index in [1.54, 1.807) is 0 Å². The second-order valence-corrected chi connectivity index (χ2v) is 5.00. The van der Waals surface area contributed by atoms with E-state index < -0.39 is 0 Å². The molecule has 1 fully saturated rings. The SMILES string of the molecule is CCC1CCCC(Nc2ccn(C)n2)CC1. The summed E-state index contributed by atoms with van der Waals surface area (Å²) in [5, 5.41) is 7.93. The third-order valence-corrected chi connectivity index (χ3v) is 3.73. The Morgan fingerprint density at radius 1 is 1.38 bits per heavy atom. The molecule has 0 spiro atoms. The predicted octanol–water partition coefficient (Wildman–Crippen LogP) is 3.19. The van der Waals surface area contributed by atoms with Crippen LogP contribution in [0.1, 0.15) is 45.4 Å². The molecular weight excluding hydrogens is 198 g/mol. The highest BCUT2D eigenvalue weighted by Crippen LogP contribution is 2.26. The summed E-state index contributed by atoms with van der Waals surface area (Å²) in [6, 6.07) is 2.69. The fourth-order valence-electron chi connectivity index (χ4n) is 2.63. The second kappa shape index (κ2) is 5.37. The Balaban J connectivity index is 1.86. The fraction of sp³-hybridized carbons (Fsp3) is 0.769. The second-order valence-electron chi connectivity index (χ2n) is 5.00. The van der Waals surface area contributed by atoms with Gasteiger partial charge < -0.3 is 5.32 Å². The molecule has 2 rings (SSSR count). The van der Waals surface area contributed by atoms with Gasteiger partial charge in [-0.25, -0.2) is 0 Å². The van der Waals surface area contributed by atoms with E-state index in [-0.39, 0.29) is 0 Å². The summed E-state index contributed by atoms with van der Waals surface area (Å²) >= 11 is 0. The van der Waals surface area contributed by atoms with Crippen LogP contribution in [-0.4, -0.2) is 15.8 Å². The van der Waals surface area contributed by atoms with Crippen LogP contribution in [0.3, 0.4) is 0 Å². The number of rotatable bonds is 3. The van der Waals surface area contributed by atoms with Gasteiger partial charge in [0, 0.05) is 25.4 Å². The molecule has 0 aromatic carbocycles. The average Bonchev–Trinajstić information content (AvgIpc) is 2.55. The van der Waals surface area contributed by atoms with Gasteiger partial charge in [-0.3, -0.25) is 4.68 Å². The van der Waals surface area contributed by atoms with Crippen LogP contribution in [-0.2, 0) is 7.05 Å². The smallest absolute Gasteiger partial charge is 0.148 e. The summed E-state index contributed by atoms with van der Waals surface area (Å²) in [6.07, 6.45) is 10.1. The molecule has 1 saturated carbocycles. The van der Waals surface area contributed by atoms with E-state index in [9.17, 15) is 0 Å². The predicted molar refractivity (Wildman–Crippen MR) is 67.5 cm³/mol. The first-order valence-electron chi connectivity index (χ1n) is 6.54. The highest BCUT2D eigenvalue weighted by atomic mass is 15.3. The highest BCUT2D eigenvalue weighted by molar-refractivity contribution is 5.33. The van der Waals surface area contributed by atoms with Crippen molar-refractivity contribution in [2.45, 2.75) is 51.5 Å². The van der Waals surface area contributed by atoms with Crippen molar-refractivity contribution in [1.29, 1.82) is 0 Å². The molecule has 1 aromatic rings. The summed E-state index contributed by atoms with van der Waals surface area (Å²) in [7, 11) is 1.96. The van der Waals surface area contributed by atoms with E-state index in [1.165, 1.54) is 38.5 Å². The third-order valence-electron chi connectivity index (χ3n) is 3.73. The number of hydrogen-bond acceptors (Lipinski definition) is 2. The van der Waals surface area contributed by atoms with Crippen LogP contribution in [0, 0.1) is 5.92 Å². The molecule has 1 aromatic heterocycles. The van der Waals surface area contributed by atoms with E-state index in [4.69, 9.17) is 0 Å². The minimum Gasteiger partial charge on any atom is -0.366 e. The summed E-state index contributed by atoms with van der Waals surface area (Å²) in [5.41, 5.74) is 0. The number of nitrogens with one attached hydrogen (secondary N) is 1. The maximum atomic E-state index is 4.38. The largest absolute Gasteiger partial charge is 0.366 e. The molecule has 2 atom stereocenters. The van der Waals surface area contributed by atoms with E-state index in [0.29, 0.717) is 6.04 Å². The van der Waals surface area contributed by atoms with Gasteiger partial charge in [0.05, 0.1) is 0 Å². The van der Waals surface area contributed by atoms with Gasteiger partial charge in [-0.05, 0) is 25.2 Å². The molecule has 2 unspecified atom stereocenters. The molecule has 3 heteroatoms. The van der Waals surface area contributed by atoms with E-state index in [1.807, 2.05) is 17.9 Å². The van der Waals surface area contributed by atoms with Crippen molar-refractivity contribution < 1.29 is 0 Å². The molecule has 3 nitrogen and oxygen atoms in total. The van der Waals surface area contributed by atoms with Crippen LogP contribution in [0.2, 0.25) is 0 Å². The van der Waals surface area contributed by atoms with Crippen molar-refractivity contribution in [3.05, 3.63) is 12.3 Å². The molecule has 1 heterocycles. The van der Waals surface area contributed by atoms with Gasteiger partial charge in [0.15, 0.2) is 0 Å². The van der Waals surface area contributed by atoms with Crippen molar-refractivity contribution >= 4 is 5.82 Å². The average molecular weight is 221 g/mol. The van der Waals surface area contributed by atoms with Crippen molar-refractivity contribution in [2.75, 3.05) is 5.32 Å². The molecule has 1 aliphatic rings. The highest BCUT2D eigenvalue weighted by Gasteiger charge is 2.17. The summed E-state index contributed by atoms with van der Waals surface area (Å²) in [6.45, 7) is 2.32. The first-order valence-corrected chi connectivity index (χ1v) is 6.54. The van der Waals surface area contributed by atoms with Gasteiger partial charge >= 0.3 is 0 Å². The Bertz CT molecular complexity index is 319. The molecule has 1 aliphatic carbocycles. The molecule has 0 amide bonds. The monoisotopic (exact) mass is 221 g/mol. The first kappa shape index (κ1) is 11.5. The minimum absolute atomic E-state index is 0.631. The number of aromatic nitrogens is 2. The Morgan fingerprint density at radius 3 is 2.94 bits per heavy atom. The number of aryl methyl sites for hydroxylation is 1. The van der Waals surface area contributed by atoms with Gasteiger partial charge in [-0.2, -0.15) is 5.10 Å². The van der Waals surface area contributed by atoms with Crippen LogP contribution >= 0.6 is 0 Å². The molecule has 0 aliphatic heterocycles. The lowest BCUT2D eigenvalue weighted by molar-refractivity contribution is 0.444. The normalized spacial score (nSPS) is 26.4. The Hall–Kier alpha value is -0.990. The van der Waals surface area contributed by atoms with Crippen molar-refractivity contribution in [3.63, 3.8) is 0 Å². The van der Waals surface area contributed by atoms with Crippen LogP contribution in [0.15, 0.2) is 12.3 Å². The summed E-state index contributed by atoms with van der Waals surface area (Å²) in [4.78, 5) is 0. The Labute approximate surface area is 98.2 Å². The molecule has 1 N–H and O–H groups in total. The summed E-state index contributed by atoms with van der Waals surface area (Å²) in [5.74, 6) is 1.98. The molecule has 16 heavy (non-hydrogen) atoms. The number of anilines is 1. The van der Waals surface area contributed by atoms with Crippen molar-refractivity contribution in [3.8, 4) is 0 Å². The topological polar surface area (TPSA) is 29.9 Å². The molecule has 0 saturated heterocycles. The number of nitrogens with zero attached hydrogens (tertiary/aromatic N) is 2. The first-order chi connectivity index (χ1) is 7.78. The van der Waals surface area contributed by atoms with Gasteiger partial charge in [0.1, 0.15) is 5.82 Å². The van der Waals surface area contributed by atoms with E-state index in [0.717, 1.165) is 11.7 Å². The molecular formula is C13H23N3. The fourth-order valence-corrected chi connectivity index (χ4v) is 2.63. The van der Waals surface area contributed by atoms with Gasteiger partial charge in [0.25, 0.3) is 0 Å². The van der Waals surface area contributed by atoms with Crippen molar-refractivity contribution in [2.24, 2.45) is 13.0 Å². The minimum atomic E-state index is 0.631. The lowest BCUT2D eigenvalue weighted by Gasteiger charge is -2.15. The molecule has 90 valence electrons. The van der Waals surface area contributed by atoms with Gasteiger partial charge in [-0.15, -0.1) is 0 Å².